The summed E-state index contributed by atoms with van der Waals surface area (Å²) in [6, 6.07) is -0.860. The summed E-state index contributed by atoms with van der Waals surface area (Å²) in [6.45, 7) is 1.82. The van der Waals surface area contributed by atoms with E-state index in [2.05, 4.69) is 0 Å². The largest absolute Gasteiger partial charge is 0.480 e. The third kappa shape index (κ3) is 3.18. The Kier molecular flexibility index (Phi) is 4.63. The number of aliphatic hydroxyl groups excluding tert-OH is 1. The number of carbonyl (C=O) groups is 2. The van der Waals surface area contributed by atoms with Crippen LogP contribution >= 0.6 is 0 Å². The van der Waals surface area contributed by atoms with Crippen LogP contribution in [0.1, 0.15) is 32.1 Å². The van der Waals surface area contributed by atoms with E-state index in [4.69, 9.17) is 0 Å². The molecule has 2 saturated heterocycles. The Morgan fingerprint density at radius 2 is 1.89 bits per heavy atom. The van der Waals surface area contributed by atoms with E-state index >= 15 is 0 Å². The zero-order chi connectivity index (χ0) is 13.8. The van der Waals surface area contributed by atoms with Crippen molar-refractivity contribution < 1.29 is 19.8 Å². The van der Waals surface area contributed by atoms with Crippen molar-refractivity contribution in [1.29, 1.82) is 0 Å². The highest BCUT2D eigenvalue weighted by molar-refractivity contribution is 5.83. The molecular weight excluding hydrogens is 248 g/mol. The molecule has 2 fully saturated rings. The minimum Gasteiger partial charge on any atom is -0.480 e. The molecule has 2 heterocycles. The second kappa shape index (κ2) is 6.23. The molecule has 2 amide bonds. The molecule has 0 radical (unpaired) electrons. The molecule has 19 heavy (non-hydrogen) atoms. The Morgan fingerprint density at radius 3 is 2.58 bits per heavy atom. The third-order valence-corrected chi connectivity index (χ3v) is 4.08. The number of carboxylic acids is 1. The number of rotatable bonds is 2. The van der Waals surface area contributed by atoms with Crippen LogP contribution in [-0.2, 0) is 4.79 Å². The summed E-state index contributed by atoms with van der Waals surface area (Å²) in [4.78, 5) is 26.8. The van der Waals surface area contributed by atoms with Crippen LogP contribution in [-0.4, -0.2) is 64.3 Å². The first-order valence-electron chi connectivity index (χ1n) is 7.02. The van der Waals surface area contributed by atoms with E-state index in [1.165, 1.54) is 4.90 Å². The van der Waals surface area contributed by atoms with Gasteiger partial charge in [0, 0.05) is 26.2 Å². The topological polar surface area (TPSA) is 81.1 Å². The van der Waals surface area contributed by atoms with E-state index in [0.717, 1.165) is 25.7 Å². The average Bonchev–Trinajstić information content (AvgIpc) is 2.46. The molecule has 0 spiro atoms. The molecule has 6 heteroatoms. The zero-order valence-electron chi connectivity index (χ0n) is 11.1. The Hall–Kier alpha value is -1.30. The summed E-state index contributed by atoms with van der Waals surface area (Å²) in [5, 5.41) is 18.4. The fraction of sp³-hybridized carbons (Fsp3) is 0.846. The molecule has 0 aromatic carbocycles. The third-order valence-electron chi connectivity index (χ3n) is 4.08. The molecule has 108 valence electrons. The lowest BCUT2D eigenvalue weighted by Crippen LogP contribution is -2.55. The molecule has 2 atom stereocenters. The van der Waals surface area contributed by atoms with E-state index in [0.29, 0.717) is 26.1 Å². The molecule has 2 aliphatic heterocycles. The molecule has 0 aromatic rings. The Bertz CT molecular complexity index is 348. The van der Waals surface area contributed by atoms with Gasteiger partial charge in [0.05, 0.1) is 0 Å². The van der Waals surface area contributed by atoms with Crippen LogP contribution in [0.2, 0.25) is 0 Å². The number of hydrogen-bond donors (Lipinski definition) is 2. The van der Waals surface area contributed by atoms with Crippen LogP contribution < -0.4 is 0 Å². The molecular formula is C13H22N2O4. The quantitative estimate of drug-likeness (QED) is 0.776. The fourth-order valence-corrected chi connectivity index (χ4v) is 2.99. The van der Waals surface area contributed by atoms with Gasteiger partial charge in [0.25, 0.3) is 0 Å². The standard InChI is InChI=1S/C13H22N2O4/c16-9-10-4-3-6-14(8-10)13(19)15-7-2-1-5-11(15)12(17)18/h10-11,16H,1-9H2,(H,17,18). The van der Waals surface area contributed by atoms with Gasteiger partial charge in [-0.25, -0.2) is 9.59 Å². The van der Waals surface area contributed by atoms with Gasteiger partial charge in [-0.2, -0.15) is 0 Å². The SMILES string of the molecule is O=C(O)C1CCCCN1C(=O)N1CCCC(CO)C1. The smallest absolute Gasteiger partial charge is 0.326 e. The summed E-state index contributed by atoms with van der Waals surface area (Å²) in [6.07, 6.45) is 4.08. The Labute approximate surface area is 113 Å². The maximum absolute atomic E-state index is 12.4. The lowest BCUT2D eigenvalue weighted by molar-refractivity contribution is -0.143. The molecule has 2 aliphatic rings. The molecule has 2 N–H and O–H groups in total. The fourth-order valence-electron chi connectivity index (χ4n) is 2.99. The molecule has 0 aromatic heterocycles. The number of carboxylic acid groups (broad SMARTS) is 1. The van der Waals surface area contributed by atoms with Gasteiger partial charge in [-0.05, 0) is 38.0 Å². The maximum atomic E-state index is 12.4. The molecule has 0 aliphatic carbocycles. The number of likely N-dealkylation sites (tertiary alicyclic amines) is 2. The number of amides is 2. The van der Waals surface area contributed by atoms with Gasteiger partial charge in [0.1, 0.15) is 6.04 Å². The molecule has 2 unspecified atom stereocenters. The van der Waals surface area contributed by atoms with E-state index in [1.54, 1.807) is 4.90 Å². The van der Waals surface area contributed by atoms with Gasteiger partial charge in [0.15, 0.2) is 0 Å². The number of hydrogen-bond acceptors (Lipinski definition) is 3. The summed E-state index contributed by atoms with van der Waals surface area (Å²) in [5.41, 5.74) is 0. The van der Waals surface area contributed by atoms with Crippen molar-refractivity contribution in [2.24, 2.45) is 5.92 Å². The van der Waals surface area contributed by atoms with Crippen molar-refractivity contribution in [2.75, 3.05) is 26.2 Å². The number of nitrogens with zero attached hydrogens (tertiary/aromatic N) is 2. The summed E-state index contributed by atoms with van der Waals surface area (Å²) in [7, 11) is 0. The second-order valence-electron chi connectivity index (χ2n) is 5.46. The normalized spacial score (nSPS) is 28.3. The number of urea groups is 1. The first-order chi connectivity index (χ1) is 9.13. The van der Waals surface area contributed by atoms with Crippen molar-refractivity contribution in [3.63, 3.8) is 0 Å². The Morgan fingerprint density at radius 1 is 1.11 bits per heavy atom. The van der Waals surface area contributed by atoms with Gasteiger partial charge < -0.3 is 20.0 Å². The average molecular weight is 270 g/mol. The monoisotopic (exact) mass is 270 g/mol. The number of piperidine rings is 2. The lowest BCUT2D eigenvalue weighted by Gasteiger charge is -2.39. The van der Waals surface area contributed by atoms with Crippen LogP contribution in [0.3, 0.4) is 0 Å². The van der Waals surface area contributed by atoms with Gasteiger partial charge in [-0.3, -0.25) is 0 Å². The molecule has 2 rings (SSSR count). The minimum absolute atomic E-state index is 0.0894. The summed E-state index contributed by atoms with van der Waals surface area (Å²) >= 11 is 0. The predicted octanol–water partition coefficient (Wildman–Crippen LogP) is 0.750. The van der Waals surface area contributed by atoms with E-state index in [1.807, 2.05) is 0 Å². The minimum atomic E-state index is -0.913. The first-order valence-corrected chi connectivity index (χ1v) is 7.02. The number of carbonyl (C=O) groups excluding carboxylic acids is 1. The number of aliphatic carboxylic acids is 1. The maximum Gasteiger partial charge on any atom is 0.326 e. The summed E-state index contributed by atoms with van der Waals surface area (Å²) < 4.78 is 0. The van der Waals surface area contributed by atoms with Crippen LogP contribution in [0.5, 0.6) is 0 Å². The van der Waals surface area contributed by atoms with Crippen molar-refractivity contribution in [3.8, 4) is 0 Å². The van der Waals surface area contributed by atoms with E-state index in [-0.39, 0.29) is 18.6 Å². The van der Waals surface area contributed by atoms with Crippen LogP contribution in [0.4, 0.5) is 4.79 Å². The van der Waals surface area contributed by atoms with Gasteiger partial charge >= 0.3 is 12.0 Å². The van der Waals surface area contributed by atoms with Gasteiger partial charge in [-0.15, -0.1) is 0 Å². The second-order valence-corrected chi connectivity index (χ2v) is 5.46. The first kappa shape index (κ1) is 14.1. The van der Waals surface area contributed by atoms with Crippen LogP contribution in [0.15, 0.2) is 0 Å². The zero-order valence-corrected chi connectivity index (χ0v) is 11.1. The van der Waals surface area contributed by atoms with E-state index in [9.17, 15) is 19.8 Å². The van der Waals surface area contributed by atoms with E-state index < -0.39 is 12.0 Å². The highest BCUT2D eigenvalue weighted by Crippen LogP contribution is 2.22. The summed E-state index contributed by atoms with van der Waals surface area (Å²) in [5.74, 6) is -0.783. The highest BCUT2D eigenvalue weighted by atomic mass is 16.4. The predicted molar refractivity (Wildman–Crippen MR) is 68.8 cm³/mol. The van der Waals surface area contributed by atoms with Crippen LogP contribution in [0.25, 0.3) is 0 Å². The molecule has 0 bridgehead atoms. The Balaban J connectivity index is 2.02. The van der Waals surface area contributed by atoms with Gasteiger partial charge in [0.2, 0.25) is 0 Å². The molecule has 6 nitrogen and oxygen atoms in total. The van der Waals surface area contributed by atoms with Crippen molar-refractivity contribution in [1.82, 2.24) is 9.80 Å². The highest BCUT2D eigenvalue weighted by Gasteiger charge is 2.35. The van der Waals surface area contributed by atoms with Crippen LogP contribution in [0, 0.1) is 5.92 Å². The lowest BCUT2D eigenvalue weighted by atomic mass is 9.98. The van der Waals surface area contributed by atoms with Crippen molar-refractivity contribution in [3.05, 3.63) is 0 Å². The number of aliphatic hydroxyl groups is 1. The molecule has 0 saturated carbocycles. The van der Waals surface area contributed by atoms with Gasteiger partial charge in [-0.1, -0.05) is 0 Å². The van der Waals surface area contributed by atoms with Crippen molar-refractivity contribution >= 4 is 12.0 Å². The van der Waals surface area contributed by atoms with Crippen molar-refractivity contribution in [2.45, 2.75) is 38.1 Å².